The van der Waals surface area contributed by atoms with Crippen LogP contribution < -0.4 is 5.32 Å². The zero-order valence-electron chi connectivity index (χ0n) is 11.0. The van der Waals surface area contributed by atoms with E-state index in [0.717, 1.165) is 24.3 Å². The van der Waals surface area contributed by atoms with E-state index in [4.69, 9.17) is 0 Å². The average molecular weight is 255 g/mol. The van der Waals surface area contributed by atoms with Gasteiger partial charge in [-0.3, -0.25) is 4.79 Å². The first-order valence-corrected chi connectivity index (χ1v) is 6.95. The third kappa shape index (κ3) is 4.07. The van der Waals surface area contributed by atoms with Crippen molar-refractivity contribution in [2.45, 2.75) is 58.8 Å². The van der Waals surface area contributed by atoms with E-state index in [2.05, 4.69) is 43.2 Å². The van der Waals surface area contributed by atoms with Crippen molar-refractivity contribution in [3.05, 3.63) is 5.01 Å². The van der Waals surface area contributed by atoms with Gasteiger partial charge in [0.25, 0.3) is 0 Å². The molecule has 0 saturated heterocycles. The fourth-order valence-corrected chi connectivity index (χ4v) is 2.15. The van der Waals surface area contributed by atoms with Gasteiger partial charge < -0.3 is 5.32 Å². The third-order valence-corrected chi connectivity index (χ3v) is 4.10. The summed E-state index contributed by atoms with van der Waals surface area (Å²) in [6.07, 6.45) is 3.50. The molecule has 96 valence electrons. The summed E-state index contributed by atoms with van der Waals surface area (Å²) in [5, 5.41) is 12.6. The van der Waals surface area contributed by atoms with Crippen LogP contribution in [0.15, 0.2) is 0 Å². The summed E-state index contributed by atoms with van der Waals surface area (Å²) in [5.74, 6) is 0.0313. The van der Waals surface area contributed by atoms with Crippen LogP contribution in [0.25, 0.3) is 0 Å². The van der Waals surface area contributed by atoms with Crippen molar-refractivity contribution in [1.82, 2.24) is 10.2 Å². The molecule has 0 spiro atoms. The zero-order valence-corrected chi connectivity index (χ0v) is 11.9. The third-order valence-electron chi connectivity index (χ3n) is 2.89. The molecule has 0 unspecified atom stereocenters. The second-order valence-corrected chi connectivity index (χ2v) is 5.78. The Labute approximate surface area is 107 Å². The van der Waals surface area contributed by atoms with Crippen LogP contribution >= 0.6 is 11.3 Å². The molecule has 0 fully saturated rings. The van der Waals surface area contributed by atoms with E-state index < -0.39 is 0 Å². The van der Waals surface area contributed by atoms with Gasteiger partial charge in [-0.05, 0) is 12.8 Å². The maximum absolute atomic E-state index is 11.5. The van der Waals surface area contributed by atoms with E-state index in [1.54, 1.807) is 0 Å². The van der Waals surface area contributed by atoms with Gasteiger partial charge in [-0.25, -0.2) is 0 Å². The van der Waals surface area contributed by atoms with E-state index in [-0.39, 0.29) is 11.3 Å². The number of rotatable bonds is 6. The minimum atomic E-state index is 0.0313. The quantitative estimate of drug-likeness (QED) is 0.848. The molecular weight excluding hydrogens is 234 g/mol. The van der Waals surface area contributed by atoms with Gasteiger partial charge in [0.2, 0.25) is 11.0 Å². The molecule has 0 radical (unpaired) electrons. The summed E-state index contributed by atoms with van der Waals surface area (Å²) in [5.41, 5.74) is 0.0318. The SMILES string of the molecule is CCCCC(=O)Nc1nnc(C(C)(C)CC)s1. The Morgan fingerprint density at radius 1 is 1.35 bits per heavy atom. The number of hydrogen-bond donors (Lipinski definition) is 1. The van der Waals surface area contributed by atoms with Gasteiger partial charge in [-0.2, -0.15) is 0 Å². The molecule has 0 bridgehead atoms. The summed E-state index contributed by atoms with van der Waals surface area (Å²) >= 11 is 1.47. The van der Waals surface area contributed by atoms with E-state index in [1.807, 2.05) is 0 Å². The number of nitrogens with one attached hydrogen (secondary N) is 1. The monoisotopic (exact) mass is 255 g/mol. The number of anilines is 1. The van der Waals surface area contributed by atoms with Crippen LogP contribution in [-0.4, -0.2) is 16.1 Å². The fraction of sp³-hybridized carbons (Fsp3) is 0.750. The van der Waals surface area contributed by atoms with Gasteiger partial charge in [0.1, 0.15) is 5.01 Å². The smallest absolute Gasteiger partial charge is 0.226 e. The molecular formula is C12H21N3OS. The van der Waals surface area contributed by atoms with Crippen molar-refractivity contribution in [3.63, 3.8) is 0 Å². The van der Waals surface area contributed by atoms with Gasteiger partial charge >= 0.3 is 0 Å². The summed E-state index contributed by atoms with van der Waals surface area (Å²) in [4.78, 5) is 11.5. The largest absolute Gasteiger partial charge is 0.301 e. The van der Waals surface area contributed by atoms with Crippen molar-refractivity contribution in [3.8, 4) is 0 Å². The molecule has 5 heteroatoms. The Hall–Kier alpha value is -0.970. The summed E-state index contributed by atoms with van der Waals surface area (Å²) in [6, 6.07) is 0. The van der Waals surface area contributed by atoms with E-state index in [9.17, 15) is 4.79 Å². The number of aromatic nitrogens is 2. The molecule has 1 rings (SSSR count). The number of carbonyl (C=O) groups is 1. The molecule has 0 aliphatic heterocycles. The molecule has 0 aliphatic rings. The maximum atomic E-state index is 11.5. The van der Waals surface area contributed by atoms with Gasteiger partial charge in [0.05, 0.1) is 0 Å². The number of amides is 1. The van der Waals surface area contributed by atoms with Crippen LogP contribution in [0.5, 0.6) is 0 Å². The fourth-order valence-electron chi connectivity index (χ4n) is 1.22. The first-order valence-electron chi connectivity index (χ1n) is 6.13. The Kier molecular flexibility index (Phi) is 5.05. The van der Waals surface area contributed by atoms with Crippen LogP contribution in [0.2, 0.25) is 0 Å². The minimum absolute atomic E-state index is 0.0313. The Bertz CT molecular complexity index is 374. The van der Waals surface area contributed by atoms with Crippen molar-refractivity contribution in [1.29, 1.82) is 0 Å². The number of unbranched alkanes of at least 4 members (excludes halogenated alkanes) is 1. The zero-order chi connectivity index (χ0) is 12.9. The molecule has 1 N–H and O–H groups in total. The minimum Gasteiger partial charge on any atom is -0.301 e. The second kappa shape index (κ2) is 6.10. The lowest BCUT2D eigenvalue weighted by Gasteiger charge is -2.17. The van der Waals surface area contributed by atoms with Gasteiger partial charge in [-0.1, -0.05) is 45.5 Å². The van der Waals surface area contributed by atoms with Crippen molar-refractivity contribution >= 4 is 22.4 Å². The molecule has 0 aromatic carbocycles. The highest BCUT2D eigenvalue weighted by Gasteiger charge is 2.23. The average Bonchev–Trinajstić information content (AvgIpc) is 2.75. The van der Waals surface area contributed by atoms with Crippen molar-refractivity contribution < 1.29 is 4.79 Å². The molecule has 1 amide bonds. The molecule has 1 aromatic heterocycles. The molecule has 0 atom stereocenters. The van der Waals surface area contributed by atoms with Crippen LogP contribution in [0, 0.1) is 0 Å². The van der Waals surface area contributed by atoms with E-state index >= 15 is 0 Å². The molecule has 0 aliphatic carbocycles. The summed E-state index contributed by atoms with van der Waals surface area (Å²) in [7, 11) is 0. The Morgan fingerprint density at radius 2 is 2.06 bits per heavy atom. The van der Waals surface area contributed by atoms with E-state index in [0.29, 0.717) is 11.6 Å². The summed E-state index contributed by atoms with van der Waals surface area (Å²) < 4.78 is 0. The topological polar surface area (TPSA) is 54.9 Å². The second-order valence-electron chi connectivity index (χ2n) is 4.80. The highest BCUT2D eigenvalue weighted by atomic mass is 32.1. The van der Waals surface area contributed by atoms with Crippen LogP contribution in [0.3, 0.4) is 0 Å². The first kappa shape index (κ1) is 14.1. The van der Waals surface area contributed by atoms with Gasteiger partial charge in [-0.15, -0.1) is 10.2 Å². The predicted molar refractivity (Wildman–Crippen MR) is 71.4 cm³/mol. The standard InChI is InChI=1S/C12H21N3OS/c1-5-7-8-9(16)13-11-15-14-10(17-11)12(3,4)6-2/h5-8H2,1-4H3,(H,13,15,16). The number of carbonyl (C=O) groups excluding carboxylic acids is 1. The number of hydrogen-bond acceptors (Lipinski definition) is 4. The number of nitrogens with zero attached hydrogens (tertiary/aromatic N) is 2. The Balaban J connectivity index is 2.60. The Morgan fingerprint density at radius 3 is 2.65 bits per heavy atom. The normalized spacial score (nSPS) is 11.5. The molecule has 1 heterocycles. The van der Waals surface area contributed by atoms with Gasteiger partial charge in [0, 0.05) is 11.8 Å². The lowest BCUT2D eigenvalue weighted by Crippen LogP contribution is -2.14. The lowest BCUT2D eigenvalue weighted by atomic mass is 9.91. The van der Waals surface area contributed by atoms with E-state index in [1.165, 1.54) is 11.3 Å². The molecule has 4 nitrogen and oxygen atoms in total. The molecule has 1 aromatic rings. The first-order chi connectivity index (χ1) is 7.99. The summed E-state index contributed by atoms with van der Waals surface area (Å²) in [6.45, 7) is 8.47. The van der Waals surface area contributed by atoms with Crippen molar-refractivity contribution in [2.75, 3.05) is 5.32 Å². The molecule has 0 saturated carbocycles. The highest BCUT2D eigenvalue weighted by Crippen LogP contribution is 2.30. The lowest BCUT2D eigenvalue weighted by molar-refractivity contribution is -0.116. The maximum Gasteiger partial charge on any atom is 0.226 e. The van der Waals surface area contributed by atoms with Gasteiger partial charge in [0.15, 0.2) is 0 Å². The van der Waals surface area contributed by atoms with Crippen LogP contribution in [-0.2, 0) is 10.2 Å². The molecule has 17 heavy (non-hydrogen) atoms. The highest BCUT2D eigenvalue weighted by molar-refractivity contribution is 7.15. The van der Waals surface area contributed by atoms with Crippen LogP contribution in [0.4, 0.5) is 5.13 Å². The van der Waals surface area contributed by atoms with Crippen molar-refractivity contribution in [2.24, 2.45) is 0 Å². The predicted octanol–water partition coefficient (Wildman–Crippen LogP) is 3.35. The van der Waals surface area contributed by atoms with Crippen LogP contribution in [0.1, 0.15) is 58.4 Å².